The lowest BCUT2D eigenvalue weighted by molar-refractivity contribution is 0.101. The van der Waals surface area contributed by atoms with Crippen molar-refractivity contribution in [2.24, 2.45) is 0 Å². The molecular formula is C24H16BrN3O2. The minimum Gasteiger partial charge on any atom is -0.497 e. The van der Waals surface area contributed by atoms with Crippen LogP contribution in [0.4, 0.5) is 0 Å². The average molecular weight is 458 g/mol. The second-order valence-electron chi connectivity index (χ2n) is 6.19. The number of ketones is 1. The van der Waals surface area contributed by atoms with Gasteiger partial charge >= 0.3 is 0 Å². The van der Waals surface area contributed by atoms with Crippen LogP contribution < -0.4 is 4.74 Å². The summed E-state index contributed by atoms with van der Waals surface area (Å²) in [5.74, 6) is 0.455. The minimum absolute atomic E-state index is 0.0835. The first-order valence-corrected chi connectivity index (χ1v) is 9.71. The molecule has 0 aliphatic carbocycles. The number of nitrogens with zero attached hydrogens (tertiary/aromatic N) is 3. The van der Waals surface area contributed by atoms with E-state index in [-0.39, 0.29) is 11.4 Å². The minimum atomic E-state index is -0.244. The van der Waals surface area contributed by atoms with Gasteiger partial charge in [-0.25, -0.2) is 0 Å². The normalized spacial score (nSPS) is 12.9. The number of hydrogen-bond donors (Lipinski definition) is 0. The molecular weight excluding hydrogens is 442 g/mol. The highest BCUT2D eigenvalue weighted by atomic mass is 79.9. The van der Waals surface area contributed by atoms with E-state index in [1.165, 1.54) is 0 Å². The molecule has 0 bridgehead atoms. The summed E-state index contributed by atoms with van der Waals surface area (Å²) in [6.07, 6.45) is 8.48. The van der Waals surface area contributed by atoms with E-state index in [0.29, 0.717) is 22.7 Å². The third-order valence-electron chi connectivity index (χ3n) is 4.36. The topological polar surface area (TPSA) is 77.1 Å². The van der Waals surface area contributed by atoms with Gasteiger partial charge in [0.2, 0.25) is 5.78 Å². The monoisotopic (exact) mass is 457 g/mol. The van der Waals surface area contributed by atoms with E-state index in [0.717, 1.165) is 10.0 Å². The molecule has 0 fully saturated rings. The van der Waals surface area contributed by atoms with Crippen molar-refractivity contribution in [3.8, 4) is 17.9 Å². The molecule has 6 heteroatoms. The molecule has 1 aliphatic heterocycles. The number of rotatable bonds is 5. The molecule has 30 heavy (non-hydrogen) atoms. The van der Waals surface area contributed by atoms with E-state index in [9.17, 15) is 15.3 Å². The molecule has 0 N–H and O–H groups in total. The first-order valence-electron chi connectivity index (χ1n) is 8.92. The van der Waals surface area contributed by atoms with Crippen LogP contribution in [0, 0.1) is 22.7 Å². The van der Waals surface area contributed by atoms with E-state index >= 15 is 0 Å². The van der Waals surface area contributed by atoms with Crippen molar-refractivity contribution in [2.75, 3.05) is 7.11 Å². The Morgan fingerprint density at radius 3 is 2.30 bits per heavy atom. The van der Waals surface area contributed by atoms with Gasteiger partial charge in [0.05, 0.1) is 18.5 Å². The highest BCUT2D eigenvalue weighted by Crippen LogP contribution is 2.27. The first-order chi connectivity index (χ1) is 14.6. The molecule has 0 amide bonds. The molecule has 0 saturated heterocycles. The van der Waals surface area contributed by atoms with E-state index in [1.54, 1.807) is 78.9 Å². The van der Waals surface area contributed by atoms with E-state index in [4.69, 9.17) is 4.74 Å². The number of halogens is 1. The average Bonchev–Trinajstić information content (AvgIpc) is 2.79. The van der Waals surface area contributed by atoms with Gasteiger partial charge in [0, 0.05) is 16.2 Å². The fourth-order valence-corrected chi connectivity index (χ4v) is 3.11. The highest BCUT2D eigenvalue weighted by molar-refractivity contribution is 9.10. The Hall–Kier alpha value is -3.87. The number of methoxy groups -OCH3 is 1. The molecule has 1 aliphatic rings. The summed E-state index contributed by atoms with van der Waals surface area (Å²) in [7, 11) is 1.58. The predicted octanol–water partition coefficient (Wildman–Crippen LogP) is 5.37. The van der Waals surface area contributed by atoms with Crippen molar-refractivity contribution < 1.29 is 9.53 Å². The smallest absolute Gasteiger partial charge is 0.209 e. The Morgan fingerprint density at radius 2 is 1.70 bits per heavy atom. The van der Waals surface area contributed by atoms with E-state index in [2.05, 4.69) is 15.9 Å². The van der Waals surface area contributed by atoms with Gasteiger partial charge in [-0.05, 0) is 60.2 Å². The summed E-state index contributed by atoms with van der Waals surface area (Å²) in [5.41, 5.74) is 1.82. The van der Waals surface area contributed by atoms with Crippen LogP contribution in [0.15, 0.2) is 94.4 Å². The Balaban J connectivity index is 2.16. The van der Waals surface area contributed by atoms with Gasteiger partial charge in [-0.15, -0.1) is 0 Å². The van der Waals surface area contributed by atoms with Crippen molar-refractivity contribution in [1.29, 1.82) is 10.5 Å². The molecule has 5 nitrogen and oxygen atoms in total. The Labute approximate surface area is 183 Å². The summed E-state index contributed by atoms with van der Waals surface area (Å²) in [4.78, 5) is 15.0. The van der Waals surface area contributed by atoms with Crippen LogP contribution in [0.3, 0.4) is 0 Å². The second-order valence-corrected chi connectivity index (χ2v) is 7.11. The van der Waals surface area contributed by atoms with Crippen LogP contribution in [-0.2, 0) is 0 Å². The van der Waals surface area contributed by atoms with Gasteiger partial charge < -0.3 is 9.64 Å². The number of nitriles is 2. The first kappa shape index (κ1) is 20.9. The predicted molar refractivity (Wildman–Crippen MR) is 118 cm³/mol. The summed E-state index contributed by atoms with van der Waals surface area (Å²) in [5, 5.41) is 18.7. The van der Waals surface area contributed by atoms with Crippen LogP contribution in [0.25, 0.3) is 6.08 Å². The Bertz CT molecular complexity index is 1140. The third-order valence-corrected chi connectivity index (χ3v) is 4.89. The third kappa shape index (κ3) is 4.57. The fourth-order valence-electron chi connectivity index (χ4n) is 2.85. The van der Waals surface area contributed by atoms with Gasteiger partial charge in [-0.2, -0.15) is 10.5 Å². The van der Waals surface area contributed by atoms with Gasteiger partial charge in [0.1, 0.15) is 17.9 Å². The molecule has 146 valence electrons. The summed E-state index contributed by atoms with van der Waals surface area (Å²) >= 11 is 3.37. The zero-order valence-electron chi connectivity index (χ0n) is 16.0. The summed E-state index contributed by atoms with van der Waals surface area (Å²) in [6.45, 7) is 0. The second kappa shape index (κ2) is 9.56. The number of Topliss-reactive ketones (excluding diaryl/α,β-unsaturated/α-hetero) is 1. The van der Waals surface area contributed by atoms with Crippen molar-refractivity contribution in [2.45, 2.75) is 0 Å². The number of allylic oxidation sites excluding steroid dienone is 5. The Kier molecular flexibility index (Phi) is 6.64. The standard InChI is InChI=1S/C24H16BrN3O2/c1-30-21-11-5-17(6-12-21)14-23(24(29)18-7-9-20(25)10-8-18)28-13-3-2-4-22(28)19(15-26)16-27/h2-14H,1H3. The van der Waals surface area contributed by atoms with Crippen LogP contribution in [0.5, 0.6) is 5.75 Å². The maximum Gasteiger partial charge on any atom is 0.209 e. The molecule has 0 unspecified atom stereocenters. The molecule has 0 saturated carbocycles. The molecule has 2 aromatic carbocycles. The molecule has 0 radical (unpaired) electrons. The molecule has 2 aromatic rings. The lowest BCUT2D eigenvalue weighted by Crippen LogP contribution is -2.24. The lowest BCUT2D eigenvalue weighted by atomic mass is 10.0. The van der Waals surface area contributed by atoms with Gasteiger partial charge in [0.25, 0.3) is 0 Å². The van der Waals surface area contributed by atoms with Crippen LogP contribution in [0.1, 0.15) is 15.9 Å². The number of hydrogen-bond acceptors (Lipinski definition) is 5. The van der Waals surface area contributed by atoms with Crippen LogP contribution in [-0.4, -0.2) is 17.8 Å². The zero-order valence-corrected chi connectivity index (χ0v) is 17.6. The SMILES string of the molecule is COc1ccc(C=C(C(=O)c2ccc(Br)cc2)N2C=CC=CC2=C(C#N)C#N)cc1. The van der Waals surface area contributed by atoms with Crippen LogP contribution >= 0.6 is 15.9 Å². The lowest BCUT2D eigenvalue weighted by Gasteiger charge is -2.26. The van der Waals surface area contributed by atoms with Gasteiger partial charge in [-0.3, -0.25) is 4.79 Å². The number of carbonyl (C=O) groups is 1. The summed E-state index contributed by atoms with van der Waals surface area (Å²) < 4.78 is 6.05. The van der Waals surface area contributed by atoms with Gasteiger partial charge in [0.15, 0.2) is 5.57 Å². The number of ether oxygens (including phenoxy) is 1. The number of carbonyl (C=O) groups excluding carboxylic acids is 1. The van der Waals surface area contributed by atoms with Gasteiger partial charge in [-0.1, -0.05) is 34.1 Å². The van der Waals surface area contributed by atoms with Crippen molar-refractivity contribution in [3.63, 3.8) is 0 Å². The maximum absolute atomic E-state index is 13.4. The fraction of sp³-hybridized carbons (Fsp3) is 0.0417. The molecule has 0 atom stereocenters. The van der Waals surface area contributed by atoms with Crippen LogP contribution in [0.2, 0.25) is 0 Å². The van der Waals surface area contributed by atoms with E-state index < -0.39 is 0 Å². The summed E-state index contributed by atoms with van der Waals surface area (Å²) in [6, 6.07) is 18.1. The Morgan fingerprint density at radius 1 is 1.03 bits per heavy atom. The van der Waals surface area contributed by atoms with Crippen molar-refractivity contribution in [3.05, 3.63) is 106 Å². The maximum atomic E-state index is 13.4. The molecule has 0 aromatic heterocycles. The molecule has 1 heterocycles. The quantitative estimate of drug-likeness (QED) is 0.342. The molecule has 0 spiro atoms. The largest absolute Gasteiger partial charge is 0.497 e. The van der Waals surface area contributed by atoms with E-state index in [1.807, 2.05) is 24.3 Å². The zero-order chi connectivity index (χ0) is 21.5. The highest BCUT2D eigenvalue weighted by Gasteiger charge is 2.23. The van der Waals surface area contributed by atoms with Crippen molar-refractivity contribution >= 4 is 27.8 Å². The number of benzene rings is 2. The molecule has 3 rings (SSSR count). The van der Waals surface area contributed by atoms with Crippen molar-refractivity contribution in [1.82, 2.24) is 4.90 Å².